The van der Waals surface area contributed by atoms with E-state index in [4.69, 9.17) is 4.42 Å². The highest BCUT2D eigenvalue weighted by molar-refractivity contribution is 6.08. The van der Waals surface area contributed by atoms with Crippen LogP contribution in [0.1, 0.15) is 41.7 Å². The number of fused-ring (bicyclic) bond motifs is 5. The monoisotopic (exact) mass is 455 g/mol. The lowest BCUT2D eigenvalue weighted by molar-refractivity contribution is -0.404. The fourth-order valence-corrected chi connectivity index (χ4v) is 5.40. The van der Waals surface area contributed by atoms with E-state index in [2.05, 4.69) is 59.9 Å². The average Bonchev–Trinajstić information content (AvgIpc) is 3.33. The fourth-order valence-electron chi connectivity index (χ4n) is 5.40. The zero-order valence-corrected chi connectivity index (χ0v) is 19.6. The molecule has 0 fully saturated rings. The van der Waals surface area contributed by atoms with E-state index in [1.54, 1.807) is 13.3 Å². The molecule has 3 aromatic carbocycles. The smallest absolute Gasteiger partial charge is 0.274 e. The number of nitro groups is 1. The molecule has 1 aromatic heterocycles. The largest absolute Gasteiger partial charge is 0.467 e. The van der Waals surface area contributed by atoms with Crippen LogP contribution in [0, 0.1) is 10.1 Å². The first-order chi connectivity index (χ1) is 16.6. The third-order valence-corrected chi connectivity index (χ3v) is 7.11. The molecule has 1 unspecified atom stereocenters. The number of aryl methyl sites for hydroxylation is 1. The van der Waals surface area contributed by atoms with Crippen LogP contribution in [0.25, 0.3) is 21.5 Å². The van der Waals surface area contributed by atoms with Gasteiger partial charge in [0, 0.05) is 13.6 Å². The molecule has 6 nitrogen and oxygen atoms in total. The zero-order valence-electron chi connectivity index (χ0n) is 19.6. The van der Waals surface area contributed by atoms with Gasteiger partial charge in [0.2, 0.25) is 0 Å². The second-order valence-electron chi connectivity index (χ2n) is 8.89. The number of nitrogens with one attached hydrogen (secondary N) is 1. The summed E-state index contributed by atoms with van der Waals surface area (Å²) in [5.74, 6) is 1.71. The van der Waals surface area contributed by atoms with E-state index in [1.807, 2.05) is 11.8 Å². The summed E-state index contributed by atoms with van der Waals surface area (Å²) in [5.41, 5.74) is 4.08. The predicted octanol–water partition coefficient (Wildman–Crippen LogP) is 5.98. The third kappa shape index (κ3) is 4.00. The topological polar surface area (TPSA) is 71.5 Å². The molecule has 1 N–H and O–H groups in total. The van der Waals surface area contributed by atoms with Crippen LogP contribution in [0.2, 0.25) is 0 Å². The molecule has 0 amide bonds. The molecule has 0 radical (unpaired) electrons. The SMILES string of the molecule is CCN(Cc1occc1C1CCc2ccc3c(ccc4ccccc43)c2C1)C(=C[N+](=O)[O-])NC. The summed E-state index contributed by atoms with van der Waals surface area (Å²) < 4.78 is 5.92. The van der Waals surface area contributed by atoms with Crippen molar-refractivity contribution in [2.45, 2.75) is 38.6 Å². The van der Waals surface area contributed by atoms with Gasteiger partial charge in [-0.05, 0) is 76.4 Å². The Morgan fingerprint density at radius 1 is 1.15 bits per heavy atom. The Bertz CT molecular complexity index is 1390. The molecule has 1 aliphatic carbocycles. The molecule has 0 saturated heterocycles. The van der Waals surface area contributed by atoms with Crippen molar-refractivity contribution >= 4 is 21.5 Å². The second kappa shape index (κ2) is 9.21. The van der Waals surface area contributed by atoms with Gasteiger partial charge in [-0.25, -0.2) is 0 Å². The van der Waals surface area contributed by atoms with Gasteiger partial charge in [-0.3, -0.25) is 10.1 Å². The third-order valence-electron chi connectivity index (χ3n) is 7.11. The molecule has 0 aliphatic heterocycles. The van der Waals surface area contributed by atoms with Gasteiger partial charge in [-0.2, -0.15) is 0 Å². The lowest BCUT2D eigenvalue weighted by Crippen LogP contribution is -2.30. The number of nitrogens with zero attached hydrogens (tertiary/aromatic N) is 2. The number of rotatable bonds is 7. The van der Waals surface area contributed by atoms with Crippen LogP contribution in [0.15, 0.2) is 77.3 Å². The van der Waals surface area contributed by atoms with Gasteiger partial charge in [0.1, 0.15) is 5.76 Å². The van der Waals surface area contributed by atoms with Crippen molar-refractivity contribution in [2.75, 3.05) is 13.6 Å². The summed E-state index contributed by atoms with van der Waals surface area (Å²) >= 11 is 0. The van der Waals surface area contributed by atoms with Gasteiger partial charge in [0.25, 0.3) is 6.20 Å². The quantitative estimate of drug-likeness (QED) is 0.211. The van der Waals surface area contributed by atoms with E-state index in [0.29, 0.717) is 24.8 Å². The van der Waals surface area contributed by atoms with E-state index in [-0.39, 0.29) is 0 Å². The van der Waals surface area contributed by atoms with E-state index in [0.717, 1.165) is 31.2 Å². The van der Waals surface area contributed by atoms with Gasteiger partial charge in [0.05, 0.1) is 17.7 Å². The van der Waals surface area contributed by atoms with Gasteiger partial charge < -0.3 is 14.6 Å². The summed E-state index contributed by atoms with van der Waals surface area (Å²) in [5, 5.41) is 19.2. The predicted molar refractivity (Wildman–Crippen MR) is 135 cm³/mol. The van der Waals surface area contributed by atoms with E-state index >= 15 is 0 Å². The maximum Gasteiger partial charge on any atom is 0.274 e. The standard InChI is InChI=1S/C28H29N3O3/c1-3-30(28(29-2)18-31(32)33)17-27-23(14-15-34-27)21-9-8-20-11-12-24-22-7-5-4-6-19(22)10-13-25(24)26(20)16-21/h4-7,10-15,18,21,29H,3,8-9,16-17H2,1-2H3. The van der Waals surface area contributed by atoms with Crippen LogP contribution in [-0.2, 0) is 19.4 Å². The van der Waals surface area contributed by atoms with Crippen molar-refractivity contribution in [1.82, 2.24) is 10.2 Å². The molecule has 34 heavy (non-hydrogen) atoms. The molecule has 0 spiro atoms. The minimum Gasteiger partial charge on any atom is -0.467 e. The minimum atomic E-state index is -0.426. The first kappa shape index (κ1) is 22.0. The molecule has 5 rings (SSSR count). The first-order valence-corrected chi connectivity index (χ1v) is 11.9. The average molecular weight is 456 g/mol. The summed E-state index contributed by atoms with van der Waals surface area (Å²) in [6, 6.07) is 19.7. The van der Waals surface area contributed by atoms with Crippen LogP contribution in [-0.4, -0.2) is 23.4 Å². The molecule has 1 heterocycles. The molecule has 0 bridgehead atoms. The molecule has 174 valence electrons. The summed E-state index contributed by atoms with van der Waals surface area (Å²) in [7, 11) is 1.70. The summed E-state index contributed by atoms with van der Waals surface area (Å²) in [4.78, 5) is 12.6. The van der Waals surface area contributed by atoms with Crippen molar-refractivity contribution < 1.29 is 9.34 Å². The fraction of sp³-hybridized carbons (Fsp3) is 0.286. The highest BCUT2D eigenvalue weighted by Gasteiger charge is 2.26. The van der Waals surface area contributed by atoms with E-state index < -0.39 is 4.92 Å². The van der Waals surface area contributed by atoms with Crippen LogP contribution in [0.4, 0.5) is 0 Å². The van der Waals surface area contributed by atoms with E-state index in [1.165, 1.54) is 38.2 Å². The van der Waals surface area contributed by atoms with E-state index in [9.17, 15) is 10.1 Å². The molecule has 1 atom stereocenters. The molecule has 1 aliphatic rings. The van der Waals surface area contributed by atoms with Crippen LogP contribution in [0.3, 0.4) is 0 Å². The summed E-state index contributed by atoms with van der Waals surface area (Å²) in [6.45, 7) is 3.11. The zero-order chi connectivity index (χ0) is 23.7. The molecule has 6 heteroatoms. The van der Waals surface area contributed by atoms with Gasteiger partial charge >= 0.3 is 0 Å². The lowest BCUT2D eigenvalue weighted by atomic mass is 9.78. The van der Waals surface area contributed by atoms with Gasteiger partial charge in [-0.15, -0.1) is 0 Å². The molecule has 4 aromatic rings. The second-order valence-corrected chi connectivity index (χ2v) is 8.89. The Hall–Kier alpha value is -3.80. The Balaban J connectivity index is 1.47. The Morgan fingerprint density at radius 3 is 2.76 bits per heavy atom. The number of hydrogen-bond acceptors (Lipinski definition) is 5. The normalized spacial score (nSPS) is 15.9. The van der Waals surface area contributed by atoms with Crippen molar-refractivity contribution in [3.63, 3.8) is 0 Å². The molecular weight excluding hydrogens is 426 g/mol. The number of furan rings is 1. The minimum absolute atomic E-state index is 0.356. The Kier molecular flexibility index (Phi) is 5.97. The lowest BCUT2D eigenvalue weighted by Gasteiger charge is -2.28. The number of hydrogen-bond donors (Lipinski definition) is 1. The van der Waals surface area contributed by atoms with Crippen LogP contribution in [0.5, 0.6) is 0 Å². The number of benzene rings is 3. The van der Waals surface area contributed by atoms with Crippen molar-refractivity contribution in [3.05, 3.63) is 105 Å². The first-order valence-electron chi connectivity index (χ1n) is 11.9. The van der Waals surface area contributed by atoms with Crippen LogP contribution < -0.4 is 5.32 Å². The van der Waals surface area contributed by atoms with Crippen molar-refractivity contribution in [3.8, 4) is 0 Å². The molecular formula is C28H29N3O3. The van der Waals surface area contributed by atoms with Gasteiger partial charge in [0.15, 0.2) is 5.82 Å². The maximum atomic E-state index is 11.1. The molecule has 0 saturated carbocycles. The Morgan fingerprint density at radius 2 is 1.97 bits per heavy atom. The summed E-state index contributed by atoms with van der Waals surface area (Å²) in [6.07, 6.45) is 5.83. The highest BCUT2D eigenvalue weighted by atomic mass is 16.6. The van der Waals surface area contributed by atoms with Crippen molar-refractivity contribution in [2.24, 2.45) is 0 Å². The van der Waals surface area contributed by atoms with Gasteiger partial charge in [-0.1, -0.05) is 48.5 Å². The Labute approximate surface area is 199 Å². The highest BCUT2D eigenvalue weighted by Crippen LogP contribution is 2.39. The van der Waals surface area contributed by atoms with Crippen molar-refractivity contribution in [1.29, 1.82) is 0 Å². The van der Waals surface area contributed by atoms with Crippen LogP contribution >= 0.6 is 0 Å². The maximum absolute atomic E-state index is 11.1.